The standard InChI is InChI=1S/C76H141NO8/c1-3-5-7-9-11-13-15-17-19-21-23-25-26-27-28-29-30-31-32-33-34-35-36-37-38-39-40-41-42-43-44-46-48-50-52-54-56-58-60-62-64-66-72(80)77-69(68-84-76-75(83)74(82)73(81)71(67-78)85-76)70(79)65-63-61-59-57-55-53-51-49-47-45-24-22-20-18-16-14-12-10-8-6-4-2/h15,17,21,23,26-27,55,57,63,65,69-71,73-76,78-79,81-83H,3-14,16,18-20,22,24-25,28-54,56,58-62,64,66-68H2,1-2H3,(H,77,80)/b17-15-,23-21-,27-26-,57-55+,65-63+. The van der Waals surface area contributed by atoms with Gasteiger partial charge in [0.1, 0.15) is 24.4 Å². The topological polar surface area (TPSA) is 149 Å². The van der Waals surface area contributed by atoms with Crippen molar-refractivity contribution in [3.05, 3.63) is 60.8 Å². The molecule has 9 nitrogen and oxygen atoms in total. The van der Waals surface area contributed by atoms with Gasteiger partial charge in [-0.25, -0.2) is 0 Å². The molecule has 498 valence electrons. The lowest BCUT2D eigenvalue weighted by Gasteiger charge is -2.40. The highest BCUT2D eigenvalue weighted by atomic mass is 16.7. The van der Waals surface area contributed by atoms with E-state index >= 15 is 0 Å². The van der Waals surface area contributed by atoms with E-state index in [2.05, 4.69) is 67.8 Å². The average molecular weight is 1200 g/mol. The summed E-state index contributed by atoms with van der Waals surface area (Å²) in [5.41, 5.74) is 0. The maximum absolute atomic E-state index is 13.1. The number of aliphatic hydroxyl groups is 5. The summed E-state index contributed by atoms with van der Waals surface area (Å²) < 4.78 is 11.3. The summed E-state index contributed by atoms with van der Waals surface area (Å²) in [6.45, 7) is 3.79. The van der Waals surface area contributed by atoms with Crippen LogP contribution < -0.4 is 5.32 Å². The van der Waals surface area contributed by atoms with E-state index in [1.807, 2.05) is 6.08 Å². The fraction of sp³-hybridized carbons (Fsp3) is 0.855. The van der Waals surface area contributed by atoms with Gasteiger partial charge in [0.15, 0.2) is 6.29 Å². The van der Waals surface area contributed by atoms with E-state index in [0.29, 0.717) is 6.42 Å². The van der Waals surface area contributed by atoms with Crippen LogP contribution in [0, 0.1) is 0 Å². The normalized spacial score (nSPS) is 18.4. The van der Waals surface area contributed by atoms with Crippen molar-refractivity contribution in [3.63, 3.8) is 0 Å². The van der Waals surface area contributed by atoms with E-state index in [0.717, 1.165) is 51.4 Å². The maximum atomic E-state index is 13.1. The molecule has 1 saturated heterocycles. The molecule has 1 amide bonds. The molecule has 0 aliphatic carbocycles. The Kier molecular flexibility index (Phi) is 61.7. The molecule has 0 saturated carbocycles. The molecule has 0 bridgehead atoms. The largest absolute Gasteiger partial charge is 0.394 e. The van der Waals surface area contributed by atoms with E-state index < -0.39 is 49.5 Å². The van der Waals surface area contributed by atoms with E-state index in [-0.39, 0.29) is 12.5 Å². The smallest absolute Gasteiger partial charge is 0.220 e. The van der Waals surface area contributed by atoms with Gasteiger partial charge >= 0.3 is 0 Å². The Morgan fingerprint density at radius 2 is 0.706 bits per heavy atom. The van der Waals surface area contributed by atoms with E-state index in [4.69, 9.17) is 9.47 Å². The van der Waals surface area contributed by atoms with Crippen LogP contribution in [0.25, 0.3) is 0 Å². The summed E-state index contributed by atoms with van der Waals surface area (Å²) >= 11 is 0. The van der Waals surface area contributed by atoms with Crippen molar-refractivity contribution in [2.75, 3.05) is 13.2 Å². The first-order valence-electron chi connectivity index (χ1n) is 37.0. The summed E-state index contributed by atoms with van der Waals surface area (Å²) in [4.78, 5) is 13.1. The Balaban J connectivity index is 2.06. The summed E-state index contributed by atoms with van der Waals surface area (Å²) in [5.74, 6) is -0.180. The van der Waals surface area contributed by atoms with Crippen LogP contribution in [0.15, 0.2) is 60.8 Å². The number of carbonyl (C=O) groups excluding carboxylic acids is 1. The van der Waals surface area contributed by atoms with Crippen LogP contribution >= 0.6 is 0 Å². The average Bonchev–Trinajstić information content (AvgIpc) is 3.68. The van der Waals surface area contributed by atoms with Gasteiger partial charge in [0.05, 0.1) is 25.4 Å². The highest BCUT2D eigenvalue weighted by Gasteiger charge is 2.44. The van der Waals surface area contributed by atoms with E-state index in [9.17, 15) is 30.3 Å². The van der Waals surface area contributed by atoms with Crippen LogP contribution in [0.1, 0.15) is 361 Å². The number of amides is 1. The Labute approximate surface area is 526 Å². The van der Waals surface area contributed by atoms with Crippen molar-refractivity contribution in [3.8, 4) is 0 Å². The molecule has 1 aliphatic rings. The molecule has 0 aromatic carbocycles. The van der Waals surface area contributed by atoms with Crippen LogP contribution in [-0.2, 0) is 14.3 Å². The van der Waals surface area contributed by atoms with Crippen LogP contribution in [0.4, 0.5) is 0 Å². The quantitative estimate of drug-likeness (QED) is 0.0261. The summed E-state index contributed by atoms with van der Waals surface area (Å²) in [6.07, 6.45) is 83.6. The first-order chi connectivity index (χ1) is 41.8. The highest BCUT2D eigenvalue weighted by Crippen LogP contribution is 2.23. The molecule has 85 heavy (non-hydrogen) atoms. The van der Waals surface area contributed by atoms with Gasteiger partial charge in [-0.15, -0.1) is 0 Å². The molecule has 9 heteroatoms. The zero-order valence-corrected chi connectivity index (χ0v) is 55.9. The van der Waals surface area contributed by atoms with Crippen LogP contribution in [0.3, 0.4) is 0 Å². The molecule has 1 rings (SSSR count). The highest BCUT2D eigenvalue weighted by molar-refractivity contribution is 5.76. The second-order valence-electron chi connectivity index (χ2n) is 25.7. The molecule has 0 aromatic rings. The maximum Gasteiger partial charge on any atom is 0.220 e. The predicted octanol–water partition coefficient (Wildman–Crippen LogP) is 20.5. The molecule has 1 heterocycles. The van der Waals surface area contributed by atoms with Crippen molar-refractivity contribution in [1.29, 1.82) is 0 Å². The van der Waals surface area contributed by atoms with Crippen molar-refractivity contribution < 1.29 is 39.8 Å². The van der Waals surface area contributed by atoms with Crippen molar-refractivity contribution in [1.82, 2.24) is 5.32 Å². The van der Waals surface area contributed by atoms with Gasteiger partial charge in [0.2, 0.25) is 5.91 Å². The van der Waals surface area contributed by atoms with Gasteiger partial charge in [-0.2, -0.15) is 0 Å². The molecule has 6 N–H and O–H groups in total. The minimum Gasteiger partial charge on any atom is -0.394 e. The molecular formula is C76H141NO8. The van der Waals surface area contributed by atoms with Gasteiger partial charge in [0.25, 0.3) is 0 Å². The number of hydrogen-bond acceptors (Lipinski definition) is 8. The van der Waals surface area contributed by atoms with Gasteiger partial charge in [0, 0.05) is 6.42 Å². The summed E-state index contributed by atoms with van der Waals surface area (Å²) in [6, 6.07) is -0.823. The number of ether oxygens (including phenoxy) is 2. The lowest BCUT2D eigenvalue weighted by Crippen LogP contribution is -2.60. The fourth-order valence-corrected chi connectivity index (χ4v) is 11.8. The second kappa shape index (κ2) is 64.9. The van der Waals surface area contributed by atoms with Crippen LogP contribution in [0.2, 0.25) is 0 Å². The lowest BCUT2D eigenvalue weighted by atomic mass is 9.99. The Morgan fingerprint density at radius 3 is 1.07 bits per heavy atom. The Morgan fingerprint density at radius 1 is 0.400 bits per heavy atom. The Bertz CT molecular complexity index is 1530. The third-order valence-corrected chi connectivity index (χ3v) is 17.6. The molecule has 0 radical (unpaired) electrons. The van der Waals surface area contributed by atoms with Gasteiger partial charge < -0.3 is 40.3 Å². The predicted molar refractivity (Wildman–Crippen MR) is 364 cm³/mol. The van der Waals surface area contributed by atoms with Gasteiger partial charge in [-0.1, -0.05) is 344 Å². The fourth-order valence-electron chi connectivity index (χ4n) is 11.8. The summed E-state index contributed by atoms with van der Waals surface area (Å²) in [7, 11) is 0. The Hall–Kier alpha value is -2.11. The molecular weight excluding hydrogens is 1050 g/mol. The summed E-state index contributed by atoms with van der Waals surface area (Å²) in [5, 5.41) is 54.7. The first-order valence-corrected chi connectivity index (χ1v) is 37.0. The number of nitrogens with one attached hydrogen (secondary N) is 1. The molecule has 1 aliphatic heterocycles. The van der Waals surface area contributed by atoms with Gasteiger partial charge in [-0.05, 0) is 70.6 Å². The number of carbonyl (C=O) groups is 1. The third kappa shape index (κ3) is 53.4. The molecule has 7 unspecified atom stereocenters. The minimum absolute atomic E-state index is 0.180. The monoisotopic (exact) mass is 1200 g/mol. The van der Waals surface area contributed by atoms with Crippen LogP contribution in [0.5, 0.6) is 0 Å². The molecule has 7 atom stereocenters. The lowest BCUT2D eigenvalue weighted by molar-refractivity contribution is -0.302. The molecule has 0 spiro atoms. The second-order valence-corrected chi connectivity index (χ2v) is 25.7. The SMILES string of the molecule is CCCCCCC/C=C\C/C=C\C/C=C\CCCCCCCCCCCCCCCCCCCCCCCCCCCCC(=O)NC(COC1OC(CO)C(O)C(O)C1O)C(O)/C=C/CC/C=C/CCCCCCCCCCCCCCCCC. The van der Waals surface area contributed by atoms with E-state index in [1.165, 1.54) is 289 Å². The third-order valence-electron chi connectivity index (χ3n) is 17.6. The molecule has 0 aromatic heterocycles. The number of aliphatic hydroxyl groups excluding tert-OH is 5. The zero-order valence-electron chi connectivity index (χ0n) is 55.9. The zero-order chi connectivity index (χ0) is 61.4. The first kappa shape index (κ1) is 80.9. The minimum atomic E-state index is -1.57. The van der Waals surface area contributed by atoms with Crippen LogP contribution in [-0.4, -0.2) is 87.5 Å². The van der Waals surface area contributed by atoms with Gasteiger partial charge in [-0.3, -0.25) is 4.79 Å². The van der Waals surface area contributed by atoms with Crippen molar-refractivity contribution in [2.45, 2.75) is 403 Å². The number of hydrogen-bond donors (Lipinski definition) is 6. The van der Waals surface area contributed by atoms with E-state index in [1.54, 1.807) is 6.08 Å². The van der Waals surface area contributed by atoms with Crippen molar-refractivity contribution >= 4 is 5.91 Å². The van der Waals surface area contributed by atoms with Crippen molar-refractivity contribution in [2.24, 2.45) is 0 Å². The number of allylic oxidation sites excluding steroid dienone is 9. The number of rotatable bonds is 65. The number of unbranched alkanes of at least 4 members (excludes halogenated alkanes) is 47. The molecule has 1 fully saturated rings.